The van der Waals surface area contributed by atoms with Crippen molar-refractivity contribution in [2.45, 2.75) is 67.4 Å². The second-order valence-electron chi connectivity index (χ2n) is 9.70. The first-order valence-electron chi connectivity index (χ1n) is 11.2. The predicted molar refractivity (Wildman–Crippen MR) is 135 cm³/mol. The summed E-state index contributed by atoms with van der Waals surface area (Å²) in [7, 11) is -0.432. The third-order valence-electron chi connectivity index (χ3n) is 4.28. The molecule has 3 aromatic carbocycles. The molecule has 184 valence electrons. The maximum Gasteiger partial charge on any atom is 0.514 e. The molecule has 3 aromatic rings. The summed E-state index contributed by atoms with van der Waals surface area (Å²) in [5, 5.41) is 0. The molecule has 0 unspecified atom stereocenters. The van der Waals surface area contributed by atoms with Crippen LogP contribution in [0.3, 0.4) is 0 Å². The Morgan fingerprint density at radius 2 is 0.886 bits per heavy atom. The number of hydrogen-bond donors (Lipinski definition) is 0. The summed E-state index contributed by atoms with van der Waals surface area (Å²) in [4.78, 5) is 27.2. The zero-order valence-corrected chi connectivity index (χ0v) is 21.7. The molecule has 0 heterocycles. The predicted octanol–water partition coefficient (Wildman–Crippen LogP) is 7.41. The van der Waals surface area contributed by atoms with Crippen LogP contribution in [0.4, 0.5) is 9.59 Å². The van der Waals surface area contributed by atoms with Crippen LogP contribution in [0.15, 0.2) is 93.5 Å². The van der Waals surface area contributed by atoms with Gasteiger partial charge in [-0.05, 0) is 102 Å². The molecule has 0 atom stereocenters. The number of ether oxygens (including phenoxy) is 4. The lowest BCUT2D eigenvalue weighted by molar-refractivity contribution is 0.0193. The van der Waals surface area contributed by atoms with E-state index in [1.165, 1.54) is 0 Å². The summed E-state index contributed by atoms with van der Waals surface area (Å²) >= 11 is 0. The second kappa shape index (κ2) is 10.9. The molecule has 0 saturated carbocycles. The topological polar surface area (TPSA) is 71.1 Å². The van der Waals surface area contributed by atoms with E-state index in [-0.39, 0.29) is 0 Å². The van der Waals surface area contributed by atoms with Crippen molar-refractivity contribution in [2.24, 2.45) is 0 Å². The van der Waals surface area contributed by atoms with Gasteiger partial charge in [-0.1, -0.05) is 18.2 Å². The van der Waals surface area contributed by atoms with E-state index in [0.717, 1.165) is 14.7 Å². The molecule has 0 aliphatic carbocycles. The molecule has 3 rings (SSSR count). The van der Waals surface area contributed by atoms with E-state index in [0.29, 0.717) is 11.5 Å². The maximum absolute atomic E-state index is 12.0. The summed E-state index contributed by atoms with van der Waals surface area (Å²) in [6, 6.07) is 24.8. The highest BCUT2D eigenvalue weighted by Crippen LogP contribution is 2.33. The molecular formula is C28H31O6S+. The number of benzene rings is 3. The minimum absolute atomic E-state index is 0.403. The van der Waals surface area contributed by atoms with E-state index < -0.39 is 34.4 Å². The largest absolute Gasteiger partial charge is 0.514 e. The molecule has 0 aliphatic heterocycles. The Morgan fingerprint density at radius 3 is 1.23 bits per heavy atom. The van der Waals surface area contributed by atoms with E-state index in [1.807, 2.05) is 42.5 Å². The Hall–Kier alpha value is -3.45. The van der Waals surface area contributed by atoms with Crippen LogP contribution in [0, 0.1) is 0 Å². The third-order valence-corrected chi connectivity index (χ3v) is 6.51. The molecule has 6 nitrogen and oxygen atoms in total. The molecular weight excluding hydrogens is 464 g/mol. The minimum Gasteiger partial charge on any atom is -0.428 e. The lowest BCUT2D eigenvalue weighted by Crippen LogP contribution is -2.26. The van der Waals surface area contributed by atoms with Crippen LogP contribution in [-0.4, -0.2) is 23.5 Å². The van der Waals surface area contributed by atoms with Crippen LogP contribution >= 0.6 is 0 Å². The average molecular weight is 496 g/mol. The molecule has 35 heavy (non-hydrogen) atoms. The Balaban J connectivity index is 1.82. The standard InChI is InChI=1S/C28H31O6S/c1-27(2,3)33-25(29)31-20-12-16-23(17-13-20)35(22-10-8-7-9-11-22)24-18-14-21(15-19-24)32-26(30)34-28(4,5)6/h7-19H,1-6H3/q+1. The Kier molecular flexibility index (Phi) is 8.12. The highest BCUT2D eigenvalue weighted by atomic mass is 32.2. The molecule has 0 saturated heterocycles. The molecule has 0 N–H and O–H groups in total. The highest BCUT2D eigenvalue weighted by molar-refractivity contribution is 7.97. The summed E-state index contributed by atoms with van der Waals surface area (Å²) in [6.07, 6.45) is -1.49. The molecule has 0 fully saturated rings. The van der Waals surface area contributed by atoms with Crippen LogP contribution in [0.2, 0.25) is 0 Å². The third kappa shape index (κ3) is 8.37. The van der Waals surface area contributed by atoms with Crippen molar-refractivity contribution in [2.75, 3.05) is 0 Å². The molecule has 0 aliphatic rings. The van der Waals surface area contributed by atoms with Gasteiger partial charge in [-0.3, -0.25) is 0 Å². The van der Waals surface area contributed by atoms with E-state index in [2.05, 4.69) is 12.1 Å². The molecule has 7 heteroatoms. The van der Waals surface area contributed by atoms with Gasteiger partial charge in [0.2, 0.25) is 0 Å². The summed E-state index contributed by atoms with van der Waals surface area (Å²) in [5.41, 5.74) is -1.26. The van der Waals surface area contributed by atoms with Gasteiger partial charge >= 0.3 is 12.3 Å². The van der Waals surface area contributed by atoms with Gasteiger partial charge in [0.25, 0.3) is 0 Å². The number of carbonyl (C=O) groups is 2. The Labute approximate surface area is 209 Å². The van der Waals surface area contributed by atoms with E-state index in [9.17, 15) is 9.59 Å². The van der Waals surface area contributed by atoms with Crippen LogP contribution in [0.25, 0.3) is 0 Å². The number of rotatable bonds is 5. The van der Waals surface area contributed by atoms with Crippen molar-refractivity contribution < 1.29 is 28.5 Å². The fourth-order valence-corrected chi connectivity index (χ4v) is 5.05. The molecule has 0 bridgehead atoms. The van der Waals surface area contributed by atoms with Gasteiger partial charge in [0.1, 0.15) is 22.7 Å². The Morgan fingerprint density at radius 1 is 0.543 bits per heavy atom. The van der Waals surface area contributed by atoms with E-state index in [1.54, 1.807) is 65.8 Å². The van der Waals surface area contributed by atoms with Gasteiger partial charge in [0.15, 0.2) is 14.7 Å². The smallest absolute Gasteiger partial charge is 0.428 e. The zero-order chi connectivity index (χ0) is 25.6. The maximum atomic E-state index is 12.0. The van der Waals surface area contributed by atoms with Gasteiger partial charge < -0.3 is 18.9 Å². The summed E-state index contributed by atoms with van der Waals surface area (Å²) < 4.78 is 21.0. The zero-order valence-electron chi connectivity index (χ0n) is 20.9. The van der Waals surface area contributed by atoms with Crippen molar-refractivity contribution >= 4 is 23.2 Å². The molecule has 0 aromatic heterocycles. The number of hydrogen-bond acceptors (Lipinski definition) is 6. The molecule has 0 radical (unpaired) electrons. The quantitative estimate of drug-likeness (QED) is 0.208. The lowest BCUT2D eigenvalue weighted by Gasteiger charge is -2.18. The van der Waals surface area contributed by atoms with Crippen LogP contribution in [0.5, 0.6) is 11.5 Å². The lowest BCUT2D eigenvalue weighted by atomic mass is 10.2. The first-order chi connectivity index (χ1) is 16.4. The fourth-order valence-electron chi connectivity index (χ4n) is 2.99. The van der Waals surface area contributed by atoms with Gasteiger partial charge in [0, 0.05) is 0 Å². The fraction of sp³-hybridized carbons (Fsp3) is 0.286. The van der Waals surface area contributed by atoms with E-state index in [4.69, 9.17) is 18.9 Å². The van der Waals surface area contributed by atoms with Crippen molar-refractivity contribution in [3.05, 3.63) is 78.9 Å². The van der Waals surface area contributed by atoms with E-state index >= 15 is 0 Å². The SMILES string of the molecule is CC(C)(C)OC(=O)Oc1ccc([S+](c2ccccc2)c2ccc(OC(=O)OC(C)(C)C)cc2)cc1. The second-order valence-corrected chi connectivity index (χ2v) is 11.7. The first-order valence-corrected chi connectivity index (χ1v) is 12.4. The van der Waals surface area contributed by atoms with Crippen molar-refractivity contribution in [1.82, 2.24) is 0 Å². The first kappa shape index (κ1) is 26.2. The molecule has 0 amide bonds. The van der Waals surface area contributed by atoms with Crippen LogP contribution in [0.1, 0.15) is 41.5 Å². The summed E-state index contributed by atoms with van der Waals surface area (Å²) in [5.74, 6) is 0.807. The average Bonchev–Trinajstić information content (AvgIpc) is 2.74. The summed E-state index contributed by atoms with van der Waals surface area (Å²) in [6.45, 7) is 10.7. The molecule has 0 spiro atoms. The van der Waals surface area contributed by atoms with Gasteiger partial charge in [-0.15, -0.1) is 0 Å². The van der Waals surface area contributed by atoms with Crippen LogP contribution < -0.4 is 9.47 Å². The van der Waals surface area contributed by atoms with Gasteiger partial charge in [0.05, 0.1) is 10.9 Å². The van der Waals surface area contributed by atoms with Crippen molar-refractivity contribution in [3.63, 3.8) is 0 Å². The van der Waals surface area contributed by atoms with Crippen molar-refractivity contribution in [3.8, 4) is 11.5 Å². The van der Waals surface area contributed by atoms with Gasteiger partial charge in [-0.2, -0.15) is 0 Å². The van der Waals surface area contributed by atoms with Crippen LogP contribution in [-0.2, 0) is 20.4 Å². The normalized spacial score (nSPS) is 11.6. The highest BCUT2D eigenvalue weighted by Gasteiger charge is 2.29. The monoisotopic (exact) mass is 495 g/mol. The minimum atomic E-state index is -0.743. The van der Waals surface area contributed by atoms with Gasteiger partial charge in [-0.25, -0.2) is 9.59 Å². The Bertz CT molecular complexity index is 1050. The van der Waals surface area contributed by atoms with Crippen molar-refractivity contribution in [1.29, 1.82) is 0 Å². The number of carbonyl (C=O) groups excluding carboxylic acids is 2.